The lowest BCUT2D eigenvalue weighted by molar-refractivity contribution is 0.200. The second-order valence-electron chi connectivity index (χ2n) is 4.10. The summed E-state index contributed by atoms with van der Waals surface area (Å²) in [5.41, 5.74) is 3.09. The molecule has 3 heteroatoms. The number of nitrogens with zero attached hydrogens (tertiary/aromatic N) is 1. The highest BCUT2D eigenvalue weighted by molar-refractivity contribution is 5.67. The molecule has 0 amide bonds. The minimum absolute atomic E-state index is 0.226. The highest BCUT2D eigenvalue weighted by Crippen LogP contribution is 2.28. The first kappa shape index (κ1) is 11.7. The quantitative estimate of drug-likeness (QED) is 0.860. The monoisotopic (exact) mass is 231 g/mol. The van der Waals surface area contributed by atoms with E-state index in [-0.39, 0.29) is 5.82 Å². The predicted molar refractivity (Wildman–Crippen MR) is 65.0 cm³/mol. The summed E-state index contributed by atoms with van der Waals surface area (Å²) in [6.45, 7) is 3.42. The third-order valence-corrected chi connectivity index (χ3v) is 2.77. The van der Waals surface area contributed by atoms with Crippen LogP contribution in [0.3, 0.4) is 0 Å². The number of hydrogen-bond donors (Lipinski definition) is 1. The molecule has 0 aliphatic heterocycles. The first-order valence-electron chi connectivity index (χ1n) is 5.48. The third kappa shape index (κ3) is 2.34. The fraction of sp³-hybridized carbons (Fsp3) is 0.214. The van der Waals surface area contributed by atoms with Gasteiger partial charge in [-0.2, -0.15) is 0 Å². The van der Waals surface area contributed by atoms with E-state index in [2.05, 4.69) is 4.98 Å². The average Bonchev–Trinajstić information content (AvgIpc) is 2.32. The minimum atomic E-state index is -0.571. The van der Waals surface area contributed by atoms with E-state index in [1.165, 1.54) is 6.07 Å². The molecular weight excluding hydrogens is 217 g/mol. The van der Waals surface area contributed by atoms with E-state index < -0.39 is 6.10 Å². The van der Waals surface area contributed by atoms with Gasteiger partial charge < -0.3 is 5.11 Å². The Bertz CT molecular complexity index is 537. The van der Waals surface area contributed by atoms with Crippen molar-refractivity contribution in [3.63, 3.8) is 0 Å². The zero-order valence-electron chi connectivity index (χ0n) is 9.81. The third-order valence-electron chi connectivity index (χ3n) is 2.77. The number of pyridine rings is 1. The largest absolute Gasteiger partial charge is 0.389 e. The van der Waals surface area contributed by atoms with Crippen LogP contribution in [-0.4, -0.2) is 10.1 Å². The Morgan fingerprint density at radius 3 is 2.71 bits per heavy atom. The first-order chi connectivity index (χ1) is 8.09. The van der Waals surface area contributed by atoms with Crippen molar-refractivity contribution in [1.29, 1.82) is 0 Å². The van der Waals surface area contributed by atoms with E-state index in [1.807, 2.05) is 0 Å². The summed E-state index contributed by atoms with van der Waals surface area (Å²) in [5.74, 6) is -0.226. The first-order valence-corrected chi connectivity index (χ1v) is 5.48. The molecule has 2 aromatic rings. The number of hydrogen-bond acceptors (Lipinski definition) is 2. The second kappa shape index (κ2) is 4.63. The Morgan fingerprint density at radius 1 is 1.29 bits per heavy atom. The molecule has 17 heavy (non-hydrogen) atoms. The summed E-state index contributed by atoms with van der Waals surface area (Å²) in [7, 11) is 0. The number of aliphatic hydroxyl groups is 1. The van der Waals surface area contributed by atoms with Crippen molar-refractivity contribution < 1.29 is 9.50 Å². The van der Waals surface area contributed by atoms with Crippen LogP contribution in [0.2, 0.25) is 0 Å². The topological polar surface area (TPSA) is 33.1 Å². The molecule has 2 rings (SSSR count). The van der Waals surface area contributed by atoms with Gasteiger partial charge in [-0.05, 0) is 48.7 Å². The van der Waals surface area contributed by atoms with Crippen LogP contribution in [0.15, 0.2) is 36.7 Å². The van der Waals surface area contributed by atoms with Gasteiger partial charge in [-0.1, -0.05) is 6.07 Å². The number of rotatable bonds is 2. The molecule has 1 atom stereocenters. The lowest BCUT2D eigenvalue weighted by Crippen LogP contribution is -1.96. The van der Waals surface area contributed by atoms with E-state index in [1.54, 1.807) is 44.4 Å². The van der Waals surface area contributed by atoms with Crippen molar-refractivity contribution in [3.8, 4) is 11.1 Å². The Hall–Kier alpha value is -1.74. The predicted octanol–water partition coefficient (Wildman–Crippen LogP) is 3.25. The van der Waals surface area contributed by atoms with Crippen molar-refractivity contribution >= 4 is 0 Å². The fourth-order valence-electron chi connectivity index (χ4n) is 1.82. The maximum Gasteiger partial charge on any atom is 0.126 e. The number of benzene rings is 1. The van der Waals surface area contributed by atoms with Gasteiger partial charge in [0.1, 0.15) is 5.82 Å². The van der Waals surface area contributed by atoms with Gasteiger partial charge in [0.2, 0.25) is 0 Å². The van der Waals surface area contributed by atoms with Crippen LogP contribution in [0, 0.1) is 12.7 Å². The van der Waals surface area contributed by atoms with Gasteiger partial charge in [0.25, 0.3) is 0 Å². The Labute approximate surface area is 99.8 Å². The zero-order chi connectivity index (χ0) is 12.4. The summed E-state index contributed by atoms with van der Waals surface area (Å²) in [5, 5.41) is 9.69. The molecule has 1 heterocycles. The zero-order valence-corrected chi connectivity index (χ0v) is 9.81. The minimum Gasteiger partial charge on any atom is -0.389 e. The molecule has 1 aromatic carbocycles. The molecular formula is C14H14FNO. The van der Waals surface area contributed by atoms with Crippen LogP contribution in [0.4, 0.5) is 4.39 Å². The molecule has 0 radical (unpaired) electrons. The van der Waals surface area contributed by atoms with Gasteiger partial charge in [0.15, 0.2) is 0 Å². The van der Waals surface area contributed by atoms with E-state index in [4.69, 9.17) is 0 Å². The molecule has 88 valence electrons. The lowest BCUT2D eigenvalue weighted by atomic mass is 9.98. The molecule has 2 nitrogen and oxygen atoms in total. The molecule has 0 bridgehead atoms. The van der Waals surface area contributed by atoms with E-state index in [9.17, 15) is 9.50 Å². The van der Waals surface area contributed by atoms with Crippen LogP contribution in [0.5, 0.6) is 0 Å². The average molecular weight is 231 g/mol. The highest BCUT2D eigenvalue weighted by Gasteiger charge is 2.10. The molecule has 1 unspecified atom stereocenters. The Morgan fingerprint density at radius 2 is 2.06 bits per heavy atom. The molecule has 0 saturated heterocycles. The molecule has 1 N–H and O–H groups in total. The van der Waals surface area contributed by atoms with Crippen molar-refractivity contribution in [2.75, 3.05) is 0 Å². The van der Waals surface area contributed by atoms with Crippen LogP contribution < -0.4 is 0 Å². The van der Waals surface area contributed by atoms with E-state index >= 15 is 0 Å². The fourth-order valence-corrected chi connectivity index (χ4v) is 1.82. The summed E-state index contributed by atoms with van der Waals surface area (Å²) in [6, 6.07) is 6.67. The molecule has 0 fully saturated rings. The van der Waals surface area contributed by atoms with Gasteiger partial charge in [0, 0.05) is 18.0 Å². The van der Waals surface area contributed by atoms with Crippen LogP contribution >= 0.6 is 0 Å². The van der Waals surface area contributed by atoms with Gasteiger partial charge in [-0.3, -0.25) is 4.98 Å². The smallest absolute Gasteiger partial charge is 0.126 e. The number of halogens is 1. The standard InChI is InChI=1S/C14H14FNO/c1-9-7-11(3-4-14(9)15)13-8-16-6-5-12(13)10(2)17/h3-8,10,17H,1-2H3. The van der Waals surface area contributed by atoms with Crippen molar-refractivity contribution in [2.45, 2.75) is 20.0 Å². The van der Waals surface area contributed by atoms with Crippen molar-refractivity contribution in [2.24, 2.45) is 0 Å². The van der Waals surface area contributed by atoms with Gasteiger partial charge in [-0.15, -0.1) is 0 Å². The summed E-state index contributed by atoms with van der Waals surface area (Å²) in [6.07, 6.45) is 2.76. The number of aliphatic hydroxyl groups excluding tert-OH is 1. The summed E-state index contributed by atoms with van der Waals surface area (Å²) in [4.78, 5) is 4.05. The van der Waals surface area contributed by atoms with Gasteiger partial charge >= 0.3 is 0 Å². The molecule has 0 aliphatic carbocycles. The van der Waals surface area contributed by atoms with Crippen LogP contribution in [0.25, 0.3) is 11.1 Å². The SMILES string of the molecule is Cc1cc(-c2cnccc2C(C)O)ccc1F. The van der Waals surface area contributed by atoms with E-state index in [0.29, 0.717) is 5.56 Å². The number of aryl methyl sites for hydroxylation is 1. The van der Waals surface area contributed by atoms with Gasteiger partial charge in [0.05, 0.1) is 6.10 Å². The van der Waals surface area contributed by atoms with Crippen LogP contribution in [0.1, 0.15) is 24.2 Å². The normalized spacial score (nSPS) is 12.5. The van der Waals surface area contributed by atoms with Crippen molar-refractivity contribution in [3.05, 3.63) is 53.6 Å². The maximum absolute atomic E-state index is 13.2. The van der Waals surface area contributed by atoms with Crippen LogP contribution in [-0.2, 0) is 0 Å². The number of aromatic nitrogens is 1. The highest BCUT2D eigenvalue weighted by atomic mass is 19.1. The Balaban J connectivity index is 2.56. The maximum atomic E-state index is 13.2. The lowest BCUT2D eigenvalue weighted by Gasteiger charge is -2.12. The summed E-state index contributed by atoms with van der Waals surface area (Å²) >= 11 is 0. The molecule has 1 aromatic heterocycles. The second-order valence-corrected chi connectivity index (χ2v) is 4.10. The van der Waals surface area contributed by atoms with Crippen molar-refractivity contribution in [1.82, 2.24) is 4.98 Å². The molecule has 0 spiro atoms. The molecule has 0 aliphatic rings. The molecule has 0 saturated carbocycles. The van der Waals surface area contributed by atoms with E-state index in [0.717, 1.165) is 16.7 Å². The Kier molecular flexibility index (Phi) is 3.20. The van der Waals surface area contributed by atoms with Gasteiger partial charge in [-0.25, -0.2) is 4.39 Å². The summed E-state index contributed by atoms with van der Waals surface area (Å²) < 4.78 is 13.2.